The second kappa shape index (κ2) is 20.6. The standard InChI is InChI=1S/C20H24N2O2.C15H21N3O.C12H13ClN4/c1-3-13-12-22-9-7-14(13)10-19(22)20(23)16-6-8-21-18-5-4-15(24-2)11-17(16)18;1-11(5-3-7-16)18-14-10-13(19-2)9-12-6-4-8-17-15(12)14;1-2-9-10(11(14)17-12(15)16-9)7-3-5-8(13)6-4-7/h3-6,8,11,13-14,19-20,23H,1,7,9-10,12H2,2H3;4,6,8-11,18H,3,5,7,16H2,1-2H3;3-6H,2H2,1H3,(H4,14,15,16,17)/t13-,14?,19-,20?;;/m1../s1. The molecule has 12 nitrogen and oxygen atoms in total. The van der Waals surface area contributed by atoms with Crippen molar-refractivity contribution in [3.63, 3.8) is 0 Å². The Kier molecular flexibility index (Phi) is 15.1. The molecular formula is C47H58ClN9O3. The molecule has 3 aromatic heterocycles. The van der Waals surface area contributed by atoms with Gasteiger partial charge in [0.15, 0.2) is 0 Å². The van der Waals surface area contributed by atoms with E-state index in [1.807, 2.05) is 85.9 Å². The third-order valence-corrected chi connectivity index (χ3v) is 11.7. The van der Waals surface area contributed by atoms with Crippen molar-refractivity contribution in [1.82, 2.24) is 24.8 Å². The molecule has 9 rings (SSSR count). The van der Waals surface area contributed by atoms with Crippen molar-refractivity contribution >= 4 is 50.9 Å². The Bertz CT molecular complexity index is 2360. The SMILES string of the molecule is C=C[C@@H]1CN2CCC1C[C@@H]2C(O)c1ccnc2ccc(OC)cc12.CCc1nc(N)nc(N)c1-c1ccc(Cl)cc1.COc1cc(NC(C)CCCN)c2ncccc2c1. The molecule has 8 N–H and O–H groups in total. The topological polar surface area (TPSA) is 184 Å². The summed E-state index contributed by atoms with van der Waals surface area (Å²) < 4.78 is 10.7. The Morgan fingerprint density at radius 3 is 2.47 bits per heavy atom. The molecule has 3 aliphatic rings. The highest BCUT2D eigenvalue weighted by molar-refractivity contribution is 6.30. The van der Waals surface area contributed by atoms with E-state index < -0.39 is 6.10 Å². The normalized spacial score (nSPS) is 19.0. The molecule has 4 unspecified atom stereocenters. The van der Waals surface area contributed by atoms with E-state index in [1.165, 1.54) is 6.42 Å². The van der Waals surface area contributed by atoms with E-state index in [0.717, 1.165) is 107 Å². The summed E-state index contributed by atoms with van der Waals surface area (Å²) in [5.74, 6) is 3.45. The molecule has 0 spiro atoms. The number of ether oxygens (including phenoxy) is 2. The lowest BCUT2D eigenvalue weighted by molar-refractivity contribution is -0.0444. The predicted octanol–water partition coefficient (Wildman–Crippen LogP) is 8.48. The Balaban J connectivity index is 0.000000154. The predicted molar refractivity (Wildman–Crippen MR) is 245 cm³/mol. The Morgan fingerprint density at radius 1 is 1.00 bits per heavy atom. The van der Waals surface area contributed by atoms with Crippen LogP contribution in [0.15, 0.2) is 97.8 Å². The fraction of sp³-hybridized carbons (Fsp3) is 0.362. The van der Waals surface area contributed by atoms with Crippen LogP contribution in [0.1, 0.15) is 56.9 Å². The molecule has 60 heavy (non-hydrogen) atoms. The van der Waals surface area contributed by atoms with Crippen molar-refractivity contribution < 1.29 is 14.6 Å². The van der Waals surface area contributed by atoms with Gasteiger partial charge < -0.3 is 37.1 Å². The van der Waals surface area contributed by atoms with Crippen LogP contribution in [0.4, 0.5) is 17.5 Å². The maximum absolute atomic E-state index is 11.2. The minimum absolute atomic E-state index is 0.178. The van der Waals surface area contributed by atoms with Crippen molar-refractivity contribution in [3.8, 4) is 22.6 Å². The Morgan fingerprint density at radius 2 is 1.78 bits per heavy atom. The van der Waals surface area contributed by atoms with Gasteiger partial charge in [0.05, 0.1) is 42.7 Å². The van der Waals surface area contributed by atoms with E-state index in [-0.39, 0.29) is 12.0 Å². The average Bonchev–Trinajstić information content (AvgIpc) is 3.28. The highest BCUT2D eigenvalue weighted by Crippen LogP contribution is 2.42. The Labute approximate surface area is 358 Å². The van der Waals surface area contributed by atoms with Gasteiger partial charge in [-0.3, -0.25) is 14.9 Å². The molecule has 3 fully saturated rings. The maximum Gasteiger partial charge on any atom is 0.222 e. The number of nitrogens with one attached hydrogen (secondary N) is 1. The third kappa shape index (κ3) is 10.4. The number of nitrogen functional groups attached to an aromatic ring is 2. The quantitative estimate of drug-likeness (QED) is 0.0743. The summed E-state index contributed by atoms with van der Waals surface area (Å²) in [6, 6.07) is 23.7. The Hall–Kier alpha value is -5.53. The molecule has 3 saturated heterocycles. The minimum atomic E-state index is -0.504. The van der Waals surface area contributed by atoms with Crippen LogP contribution in [0.25, 0.3) is 32.9 Å². The first-order chi connectivity index (χ1) is 29.1. The number of piperidine rings is 3. The van der Waals surface area contributed by atoms with Gasteiger partial charge in [0.1, 0.15) is 17.3 Å². The zero-order valence-corrected chi connectivity index (χ0v) is 35.8. The van der Waals surface area contributed by atoms with Crippen LogP contribution in [0.2, 0.25) is 5.02 Å². The smallest absolute Gasteiger partial charge is 0.222 e. The van der Waals surface area contributed by atoms with Crippen LogP contribution in [0.3, 0.4) is 0 Å². The summed E-state index contributed by atoms with van der Waals surface area (Å²) in [4.78, 5) is 19.5. The van der Waals surface area contributed by atoms with Gasteiger partial charge in [-0.05, 0) is 124 Å². The molecule has 0 radical (unpaired) electrons. The lowest BCUT2D eigenvalue weighted by Gasteiger charge is -2.50. The first kappa shape index (κ1) is 44.0. The van der Waals surface area contributed by atoms with Crippen molar-refractivity contribution in [2.24, 2.45) is 17.6 Å². The van der Waals surface area contributed by atoms with Gasteiger partial charge in [0.2, 0.25) is 5.95 Å². The molecule has 3 aromatic carbocycles. The second-order valence-electron chi connectivity index (χ2n) is 15.3. The van der Waals surface area contributed by atoms with Gasteiger partial charge in [-0.2, -0.15) is 4.98 Å². The van der Waals surface area contributed by atoms with Crippen molar-refractivity contribution in [3.05, 3.63) is 114 Å². The number of aliphatic hydroxyl groups excluding tert-OH is 1. The molecular weight excluding hydrogens is 774 g/mol. The van der Waals surface area contributed by atoms with Crippen LogP contribution in [-0.4, -0.2) is 75.9 Å². The number of aromatic nitrogens is 4. The lowest BCUT2D eigenvalue weighted by atomic mass is 9.73. The number of halogens is 1. The zero-order chi connectivity index (χ0) is 42.8. The number of pyridine rings is 2. The van der Waals surface area contributed by atoms with Crippen molar-refractivity contribution in [1.29, 1.82) is 0 Å². The first-order valence-electron chi connectivity index (χ1n) is 20.6. The van der Waals surface area contributed by atoms with E-state index in [4.69, 9.17) is 38.3 Å². The fourth-order valence-corrected chi connectivity index (χ4v) is 8.46. The summed E-state index contributed by atoms with van der Waals surface area (Å²) in [6.07, 6.45) is 10.2. The van der Waals surface area contributed by atoms with Gasteiger partial charge in [-0.1, -0.05) is 42.8 Å². The number of nitrogens with zero attached hydrogens (tertiary/aromatic N) is 5. The average molecular weight is 832 g/mol. The first-order valence-corrected chi connectivity index (χ1v) is 21.0. The molecule has 316 valence electrons. The van der Waals surface area contributed by atoms with E-state index in [0.29, 0.717) is 28.7 Å². The van der Waals surface area contributed by atoms with Gasteiger partial charge in [-0.25, -0.2) is 4.98 Å². The van der Waals surface area contributed by atoms with Gasteiger partial charge in [0, 0.05) is 58.4 Å². The monoisotopic (exact) mass is 831 g/mol. The molecule has 6 atom stereocenters. The number of fused-ring (bicyclic) bond motifs is 5. The van der Waals surface area contributed by atoms with Gasteiger partial charge in [0.25, 0.3) is 0 Å². The molecule has 0 amide bonds. The van der Waals surface area contributed by atoms with E-state index >= 15 is 0 Å². The van der Waals surface area contributed by atoms with Gasteiger partial charge in [-0.15, -0.1) is 6.58 Å². The number of rotatable bonds is 12. The number of nitrogens with two attached hydrogens (primary N) is 3. The largest absolute Gasteiger partial charge is 0.497 e. The van der Waals surface area contributed by atoms with Crippen molar-refractivity contribution in [2.45, 2.75) is 64.1 Å². The lowest BCUT2D eigenvalue weighted by Crippen LogP contribution is -2.54. The van der Waals surface area contributed by atoms with Crippen molar-refractivity contribution in [2.75, 3.05) is 50.6 Å². The molecule has 3 aliphatic heterocycles. The maximum atomic E-state index is 11.2. The molecule has 6 aromatic rings. The van der Waals surface area contributed by atoms with Gasteiger partial charge >= 0.3 is 0 Å². The van der Waals surface area contributed by atoms with Crippen LogP contribution < -0.4 is 32.0 Å². The zero-order valence-electron chi connectivity index (χ0n) is 35.0. The van der Waals surface area contributed by atoms with Crippen LogP contribution >= 0.6 is 11.6 Å². The van der Waals surface area contributed by atoms with Crippen LogP contribution in [0, 0.1) is 11.8 Å². The molecule has 0 aliphatic carbocycles. The third-order valence-electron chi connectivity index (χ3n) is 11.5. The van der Waals surface area contributed by atoms with E-state index in [2.05, 4.69) is 49.7 Å². The summed E-state index contributed by atoms with van der Waals surface area (Å²) >= 11 is 5.86. The number of aryl methyl sites for hydroxylation is 1. The number of benzene rings is 3. The summed E-state index contributed by atoms with van der Waals surface area (Å²) in [5, 5.41) is 17.4. The van der Waals surface area contributed by atoms with Crippen LogP contribution in [0.5, 0.6) is 11.5 Å². The molecule has 13 heteroatoms. The fourth-order valence-electron chi connectivity index (χ4n) is 8.33. The summed E-state index contributed by atoms with van der Waals surface area (Å²) in [6.45, 7) is 11.0. The number of hydrogen-bond donors (Lipinski definition) is 5. The number of anilines is 3. The van der Waals surface area contributed by atoms with E-state index in [9.17, 15) is 5.11 Å². The molecule has 0 saturated carbocycles. The highest BCUT2D eigenvalue weighted by atomic mass is 35.5. The number of aliphatic hydroxyl groups is 1. The summed E-state index contributed by atoms with van der Waals surface area (Å²) in [7, 11) is 3.34. The number of hydrogen-bond acceptors (Lipinski definition) is 12. The van der Waals surface area contributed by atoms with E-state index in [1.54, 1.807) is 20.4 Å². The van der Waals surface area contributed by atoms with Crippen LogP contribution in [-0.2, 0) is 6.42 Å². The second-order valence-corrected chi connectivity index (χ2v) is 15.8. The summed E-state index contributed by atoms with van der Waals surface area (Å²) in [5.41, 5.74) is 23.5. The molecule has 6 heterocycles. The molecule has 2 bridgehead atoms. The minimum Gasteiger partial charge on any atom is -0.497 e. The highest BCUT2D eigenvalue weighted by Gasteiger charge is 2.42. The number of methoxy groups -OCH3 is 2.